The molecule has 158 valence electrons. The van der Waals surface area contributed by atoms with E-state index in [2.05, 4.69) is 4.98 Å². The van der Waals surface area contributed by atoms with E-state index >= 15 is 0 Å². The fourth-order valence-corrected chi connectivity index (χ4v) is 4.23. The van der Waals surface area contributed by atoms with Gasteiger partial charge in [0.2, 0.25) is 5.91 Å². The molecule has 0 saturated carbocycles. The highest BCUT2D eigenvalue weighted by Crippen LogP contribution is 2.22. The van der Waals surface area contributed by atoms with E-state index in [4.69, 9.17) is 16.3 Å². The van der Waals surface area contributed by atoms with Crippen molar-refractivity contribution in [2.24, 2.45) is 0 Å². The Morgan fingerprint density at radius 2 is 2.00 bits per heavy atom. The summed E-state index contributed by atoms with van der Waals surface area (Å²) in [5.41, 5.74) is 1.24. The van der Waals surface area contributed by atoms with Gasteiger partial charge >= 0.3 is 0 Å². The van der Waals surface area contributed by atoms with E-state index in [1.165, 1.54) is 11.8 Å². The largest absolute Gasteiger partial charge is 0.385 e. The van der Waals surface area contributed by atoms with Crippen molar-refractivity contribution in [3.05, 3.63) is 63.9 Å². The number of nitrogens with zero attached hydrogens (tertiary/aromatic N) is 3. The van der Waals surface area contributed by atoms with Gasteiger partial charge in [0, 0.05) is 37.5 Å². The van der Waals surface area contributed by atoms with E-state index in [0.717, 1.165) is 5.69 Å². The van der Waals surface area contributed by atoms with Gasteiger partial charge < -0.3 is 9.64 Å². The molecule has 0 N–H and O–H groups in total. The summed E-state index contributed by atoms with van der Waals surface area (Å²) < 4.78 is 6.74. The number of para-hydroxylation sites is 1. The van der Waals surface area contributed by atoms with Crippen molar-refractivity contribution in [1.82, 2.24) is 9.55 Å². The second kappa shape index (κ2) is 10.6. The van der Waals surface area contributed by atoms with Gasteiger partial charge in [-0.25, -0.2) is 4.98 Å². The maximum absolute atomic E-state index is 13.0. The molecule has 0 fully saturated rings. The normalized spacial score (nSPS) is 11.0. The van der Waals surface area contributed by atoms with Crippen LogP contribution < -0.4 is 10.5 Å². The molecule has 0 aliphatic carbocycles. The quantitative estimate of drug-likeness (QED) is 0.280. The number of anilines is 1. The van der Waals surface area contributed by atoms with Crippen LogP contribution in [0.5, 0.6) is 0 Å². The summed E-state index contributed by atoms with van der Waals surface area (Å²) in [6.45, 7) is 3.49. The van der Waals surface area contributed by atoms with E-state index in [1.54, 1.807) is 34.8 Å². The molecule has 0 aliphatic rings. The van der Waals surface area contributed by atoms with Gasteiger partial charge in [0.05, 0.1) is 16.7 Å². The minimum atomic E-state index is -0.141. The molecule has 0 saturated heterocycles. The molecule has 0 radical (unpaired) electrons. The Hall–Kier alpha value is -2.35. The van der Waals surface area contributed by atoms with Gasteiger partial charge in [-0.05, 0) is 43.7 Å². The fourth-order valence-electron chi connectivity index (χ4n) is 3.16. The first-order chi connectivity index (χ1) is 14.5. The number of thioether (sulfide) groups is 1. The third-order valence-electron chi connectivity index (χ3n) is 4.62. The number of rotatable bonds is 9. The summed E-state index contributed by atoms with van der Waals surface area (Å²) in [6, 6.07) is 14.6. The minimum Gasteiger partial charge on any atom is -0.385 e. The van der Waals surface area contributed by atoms with E-state index in [1.807, 2.05) is 37.3 Å². The molecular formula is C22H24ClN3O3S. The SMILES string of the molecule is CCN(C(=O)CSc1nc2cc(Cl)ccc2c(=O)n1CCCOC)c1ccccc1. The lowest BCUT2D eigenvalue weighted by Crippen LogP contribution is -2.32. The van der Waals surface area contributed by atoms with Crippen LogP contribution in [0.25, 0.3) is 10.9 Å². The van der Waals surface area contributed by atoms with Crippen LogP contribution in [-0.4, -0.2) is 41.5 Å². The van der Waals surface area contributed by atoms with Crippen molar-refractivity contribution in [3.8, 4) is 0 Å². The number of hydrogen-bond acceptors (Lipinski definition) is 5. The molecule has 0 atom stereocenters. The molecule has 3 aromatic rings. The molecule has 0 aliphatic heterocycles. The molecule has 30 heavy (non-hydrogen) atoms. The van der Waals surface area contributed by atoms with Gasteiger partial charge in [0.25, 0.3) is 5.56 Å². The van der Waals surface area contributed by atoms with Crippen LogP contribution in [0.4, 0.5) is 5.69 Å². The average Bonchev–Trinajstić information content (AvgIpc) is 2.75. The van der Waals surface area contributed by atoms with Gasteiger partial charge in [-0.2, -0.15) is 0 Å². The number of fused-ring (bicyclic) bond motifs is 1. The second-order valence-corrected chi connectivity index (χ2v) is 8.00. The Morgan fingerprint density at radius 1 is 1.23 bits per heavy atom. The number of carbonyl (C=O) groups excluding carboxylic acids is 1. The number of halogens is 1. The topological polar surface area (TPSA) is 64.4 Å². The standard InChI is InChI=1S/C22H24ClN3O3S/c1-3-25(17-8-5-4-6-9-17)20(27)15-30-22-24-19-14-16(23)10-11-18(19)21(28)26(22)12-7-13-29-2/h4-6,8-11,14H,3,7,12-13,15H2,1-2H3. The van der Waals surface area contributed by atoms with Gasteiger partial charge in [-0.15, -0.1) is 0 Å². The Kier molecular flexibility index (Phi) is 7.90. The molecule has 3 rings (SSSR count). The molecular weight excluding hydrogens is 422 g/mol. The summed E-state index contributed by atoms with van der Waals surface area (Å²) in [5.74, 6) is 0.128. The van der Waals surface area contributed by atoms with Crippen molar-refractivity contribution < 1.29 is 9.53 Å². The summed E-state index contributed by atoms with van der Waals surface area (Å²) in [5, 5.41) is 1.52. The molecule has 1 amide bonds. The highest BCUT2D eigenvalue weighted by Gasteiger charge is 2.17. The van der Waals surface area contributed by atoms with Crippen molar-refractivity contribution in [3.63, 3.8) is 0 Å². The first-order valence-electron chi connectivity index (χ1n) is 9.72. The zero-order valence-electron chi connectivity index (χ0n) is 17.0. The number of hydrogen-bond donors (Lipinski definition) is 0. The van der Waals surface area contributed by atoms with Crippen LogP contribution >= 0.6 is 23.4 Å². The zero-order chi connectivity index (χ0) is 21.5. The molecule has 8 heteroatoms. The second-order valence-electron chi connectivity index (χ2n) is 6.62. The summed E-state index contributed by atoms with van der Waals surface area (Å²) in [7, 11) is 1.63. The average molecular weight is 446 g/mol. The molecule has 0 bridgehead atoms. The number of aromatic nitrogens is 2. The minimum absolute atomic E-state index is 0.0439. The van der Waals surface area contributed by atoms with E-state index < -0.39 is 0 Å². The Bertz CT molecular complexity index is 1070. The third kappa shape index (κ3) is 5.22. The molecule has 6 nitrogen and oxygen atoms in total. The van der Waals surface area contributed by atoms with Crippen molar-refractivity contribution in [2.45, 2.75) is 25.0 Å². The summed E-state index contributed by atoms with van der Waals surface area (Å²) in [6.07, 6.45) is 0.670. The number of ether oxygens (including phenoxy) is 1. The highest BCUT2D eigenvalue weighted by atomic mass is 35.5. The molecule has 0 unspecified atom stereocenters. The lowest BCUT2D eigenvalue weighted by atomic mass is 10.2. The summed E-state index contributed by atoms with van der Waals surface area (Å²) in [4.78, 5) is 32.3. The summed E-state index contributed by atoms with van der Waals surface area (Å²) >= 11 is 7.35. The highest BCUT2D eigenvalue weighted by molar-refractivity contribution is 7.99. The van der Waals surface area contributed by atoms with E-state index in [9.17, 15) is 9.59 Å². The van der Waals surface area contributed by atoms with Crippen LogP contribution in [0.2, 0.25) is 5.02 Å². The lowest BCUT2D eigenvalue weighted by molar-refractivity contribution is -0.116. The molecule has 1 aromatic heterocycles. The van der Waals surface area contributed by atoms with Gasteiger partial charge in [-0.1, -0.05) is 41.6 Å². The number of amides is 1. The van der Waals surface area contributed by atoms with Gasteiger partial charge in [0.15, 0.2) is 5.16 Å². The fraction of sp³-hybridized carbons (Fsp3) is 0.318. The van der Waals surface area contributed by atoms with Crippen LogP contribution in [0.1, 0.15) is 13.3 Å². The molecule has 0 spiro atoms. The predicted molar refractivity (Wildman–Crippen MR) is 123 cm³/mol. The van der Waals surface area contributed by atoms with E-state index in [0.29, 0.717) is 47.2 Å². The van der Waals surface area contributed by atoms with Crippen LogP contribution in [0, 0.1) is 0 Å². The molecule has 2 aromatic carbocycles. The number of benzene rings is 2. The first kappa shape index (κ1) is 22.3. The number of carbonyl (C=O) groups is 1. The molecule has 1 heterocycles. The predicted octanol–water partition coefficient (Wildman–Crippen LogP) is 4.23. The Morgan fingerprint density at radius 3 is 2.70 bits per heavy atom. The lowest BCUT2D eigenvalue weighted by Gasteiger charge is -2.21. The van der Waals surface area contributed by atoms with Crippen LogP contribution in [0.15, 0.2) is 58.5 Å². The van der Waals surface area contributed by atoms with E-state index in [-0.39, 0.29) is 17.2 Å². The first-order valence-corrected chi connectivity index (χ1v) is 11.1. The Balaban J connectivity index is 1.88. The van der Waals surface area contributed by atoms with Crippen molar-refractivity contribution >= 4 is 45.9 Å². The van der Waals surface area contributed by atoms with Crippen molar-refractivity contribution in [1.29, 1.82) is 0 Å². The van der Waals surface area contributed by atoms with Crippen LogP contribution in [-0.2, 0) is 16.1 Å². The maximum Gasteiger partial charge on any atom is 0.262 e. The van der Waals surface area contributed by atoms with Crippen molar-refractivity contribution in [2.75, 3.05) is 30.9 Å². The Labute approximate surface area is 184 Å². The smallest absolute Gasteiger partial charge is 0.262 e. The zero-order valence-corrected chi connectivity index (χ0v) is 18.6. The van der Waals surface area contributed by atoms with Gasteiger partial charge in [-0.3, -0.25) is 14.2 Å². The monoisotopic (exact) mass is 445 g/mol. The maximum atomic E-state index is 13.0. The third-order valence-corrected chi connectivity index (χ3v) is 5.82. The van der Waals surface area contributed by atoms with Gasteiger partial charge in [0.1, 0.15) is 0 Å². The van der Waals surface area contributed by atoms with Crippen LogP contribution in [0.3, 0.4) is 0 Å². The number of methoxy groups -OCH3 is 1.